The molecule has 0 aliphatic rings. The number of methoxy groups -OCH3 is 2. The first-order valence-electron chi connectivity index (χ1n) is 5.04. The smallest absolute Gasteiger partial charge is 0.191 e. The van der Waals surface area contributed by atoms with Crippen molar-refractivity contribution in [3.63, 3.8) is 0 Å². The minimum Gasteiger partial charge on any atom is -0.383 e. The second-order valence-electron chi connectivity index (χ2n) is 3.81. The zero-order chi connectivity index (χ0) is 11.7. The van der Waals surface area contributed by atoms with Gasteiger partial charge in [0.2, 0.25) is 0 Å². The molecule has 0 atom stereocenters. The Labute approximate surface area is 115 Å². The fourth-order valence-electron chi connectivity index (χ4n) is 0.861. The standard InChI is InChI=1S/C10H23N3O2.HI/c1-10(2,15-5)8-13-9(11-3)12-6-7-14-4;/h6-8H2,1-5H3,(H2,11,12,13);1H. The molecule has 0 radical (unpaired) electrons. The Morgan fingerprint density at radius 2 is 1.88 bits per heavy atom. The second kappa shape index (κ2) is 10.1. The van der Waals surface area contributed by atoms with Crippen LogP contribution in [0, 0.1) is 0 Å². The molecule has 0 rings (SSSR count). The van der Waals surface area contributed by atoms with Crippen LogP contribution in [0.3, 0.4) is 0 Å². The Bertz CT molecular complexity index is 199. The summed E-state index contributed by atoms with van der Waals surface area (Å²) in [5.41, 5.74) is -0.196. The predicted octanol–water partition coefficient (Wildman–Crippen LogP) is 0.841. The maximum atomic E-state index is 5.29. The van der Waals surface area contributed by atoms with Gasteiger partial charge in [-0.3, -0.25) is 4.99 Å². The van der Waals surface area contributed by atoms with Crippen LogP contribution < -0.4 is 10.6 Å². The van der Waals surface area contributed by atoms with Gasteiger partial charge in [-0.2, -0.15) is 0 Å². The van der Waals surface area contributed by atoms with Gasteiger partial charge in [-0.25, -0.2) is 0 Å². The Morgan fingerprint density at radius 1 is 1.25 bits per heavy atom. The number of hydrogen-bond donors (Lipinski definition) is 2. The quantitative estimate of drug-likeness (QED) is 0.324. The summed E-state index contributed by atoms with van der Waals surface area (Å²) in [6.45, 7) is 6.14. The van der Waals surface area contributed by atoms with Gasteiger partial charge in [0.1, 0.15) is 0 Å². The van der Waals surface area contributed by atoms with Crippen LogP contribution in [0.2, 0.25) is 0 Å². The van der Waals surface area contributed by atoms with Crippen molar-refractivity contribution in [1.29, 1.82) is 0 Å². The summed E-state index contributed by atoms with van der Waals surface area (Å²) in [5, 5.41) is 6.30. The number of halogens is 1. The molecule has 0 heterocycles. The molecule has 0 aromatic carbocycles. The third-order valence-electron chi connectivity index (χ3n) is 2.06. The highest BCUT2D eigenvalue weighted by Crippen LogP contribution is 2.04. The Hall–Kier alpha value is -0.0800. The van der Waals surface area contributed by atoms with E-state index in [4.69, 9.17) is 9.47 Å². The van der Waals surface area contributed by atoms with E-state index in [2.05, 4.69) is 15.6 Å². The maximum absolute atomic E-state index is 5.29. The first-order valence-corrected chi connectivity index (χ1v) is 5.04. The van der Waals surface area contributed by atoms with E-state index in [1.54, 1.807) is 21.3 Å². The molecule has 0 aliphatic heterocycles. The lowest BCUT2D eigenvalue weighted by Crippen LogP contribution is -2.45. The lowest BCUT2D eigenvalue weighted by molar-refractivity contribution is 0.0268. The lowest BCUT2D eigenvalue weighted by Gasteiger charge is -2.24. The van der Waals surface area contributed by atoms with E-state index in [9.17, 15) is 0 Å². The van der Waals surface area contributed by atoms with Crippen LogP contribution in [-0.4, -0.2) is 52.5 Å². The topological polar surface area (TPSA) is 54.9 Å². The molecule has 0 aliphatic carbocycles. The Kier molecular flexibility index (Phi) is 11.5. The number of ether oxygens (including phenoxy) is 2. The first-order chi connectivity index (χ1) is 7.05. The lowest BCUT2D eigenvalue weighted by atomic mass is 10.1. The maximum Gasteiger partial charge on any atom is 0.191 e. The molecule has 2 N–H and O–H groups in total. The van der Waals surface area contributed by atoms with Crippen LogP contribution in [0.5, 0.6) is 0 Å². The summed E-state index contributed by atoms with van der Waals surface area (Å²) < 4.78 is 10.2. The molecule has 0 spiro atoms. The minimum absolute atomic E-state index is 0. The zero-order valence-electron chi connectivity index (χ0n) is 10.8. The van der Waals surface area contributed by atoms with E-state index in [1.165, 1.54) is 0 Å². The number of nitrogens with zero attached hydrogens (tertiary/aromatic N) is 1. The van der Waals surface area contributed by atoms with Gasteiger partial charge in [-0.05, 0) is 13.8 Å². The van der Waals surface area contributed by atoms with Crippen molar-refractivity contribution in [3.8, 4) is 0 Å². The second-order valence-corrected chi connectivity index (χ2v) is 3.81. The number of nitrogens with one attached hydrogen (secondary N) is 2. The van der Waals surface area contributed by atoms with Crippen LogP contribution in [0.25, 0.3) is 0 Å². The van der Waals surface area contributed by atoms with Gasteiger partial charge in [0.05, 0.1) is 12.2 Å². The normalized spacial score (nSPS) is 11.9. The molecule has 0 amide bonds. The zero-order valence-corrected chi connectivity index (χ0v) is 13.1. The van der Waals surface area contributed by atoms with Crippen molar-refractivity contribution in [2.75, 3.05) is 41.0 Å². The molecule has 0 aromatic rings. The molecule has 98 valence electrons. The largest absolute Gasteiger partial charge is 0.383 e. The number of aliphatic imine (C=N–C) groups is 1. The number of guanidine groups is 1. The Morgan fingerprint density at radius 3 is 2.31 bits per heavy atom. The summed E-state index contributed by atoms with van der Waals surface area (Å²) in [4.78, 5) is 4.08. The molecule has 16 heavy (non-hydrogen) atoms. The van der Waals surface area contributed by atoms with Gasteiger partial charge in [0.15, 0.2) is 5.96 Å². The van der Waals surface area contributed by atoms with Gasteiger partial charge < -0.3 is 20.1 Å². The number of hydrogen-bond acceptors (Lipinski definition) is 3. The van der Waals surface area contributed by atoms with Gasteiger partial charge in [-0.1, -0.05) is 0 Å². The van der Waals surface area contributed by atoms with Crippen LogP contribution in [0.1, 0.15) is 13.8 Å². The molecule has 0 bridgehead atoms. The molecule has 0 saturated carbocycles. The van der Waals surface area contributed by atoms with Crippen molar-refractivity contribution >= 4 is 29.9 Å². The SMILES string of the molecule is CN=C(NCCOC)NCC(C)(C)OC.I. The summed E-state index contributed by atoms with van der Waals surface area (Å²) >= 11 is 0. The highest BCUT2D eigenvalue weighted by molar-refractivity contribution is 14.0. The third kappa shape index (κ3) is 9.17. The van der Waals surface area contributed by atoms with E-state index < -0.39 is 0 Å². The van der Waals surface area contributed by atoms with Crippen molar-refractivity contribution in [2.45, 2.75) is 19.4 Å². The summed E-state index contributed by atoms with van der Waals surface area (Å²) in [5.74, 6) is 0.761. The minimum atomic E-state index is -0.196. The molecular formula is C10H24IN3O2. The summed E-state index contributed by atoms with van der Waals surface area (Å²) in [7, 11) is 5.11. The molecule has 6 heteroatoms. The van der Waals surface area contributed by atoms with Crippen molar-refractivity contribution in [1.82, 2.24) is 10.6 Å². The Balaban J connectivity index is 0. The van der Waals surface area contributed by atoms with Gasteiger partial charge in [0.25, 0.3) is 0 Å². The first kappa shape index (κ1) is 18.3. The highest BCUT2D eigenvalue weighted by atomic mass is 127. The van der Waals surface area contributed by atoms with Crippen molar-refractivity contribution in [2.24, 2.45) is 4.99 Å². The number of rotatable bonds is 6. The highest BCUT2D eigenvalue weighted by Gasteiger charge is 2.16. The third-order valence-corrected chi connectivity index (χ3v) is 2.06. The van der Waals surface area contributed by atoms with E-state index in [-0.39, 0.29) is 29.6 Å². The van der Waals surface area contributed by atoms with Crippen LogP contribution in [-0.2, 0) is 9.47 Å². The van der Waals surface area contributed by atoms with Gasteiger partial charge >= 0.3 is 0 Å². The molecule has 0 fully saturated rings. The summed E-state index contributed by atoms with van der Waals surface area (Å²) in [6, 6.07) is 0. The van der Waals surface area contributed by atoms with Crippen LogP contribution >= 0.6 is 24.0 Å². The van der Waals surface area contributed by atoms with E-state index in [0.29, 0.717) is 13.2 Å². The average Bonchev–Trinajstić information content (AvgIpc) is 2.23. The fraction of sp³-hybridized carbons (Fsp3) is 0.900. The predicted molar refractivity (Wildman–Crippen MR) is 77.7 cm³/mol. The molecular weight excluding hydrogens is 321 g/mol. The van der Waals surface area contributed by atoms with Gasteiger partial charge in [0, 0.05) is 34.4 Å². The van der Waals surface area contributed by atoms with Crippen LogP contribution in [0.4, 0.5) is 0 Å². The van der Waals surface area contributed by atoms with Gasteiger partial charge in [-0.15, -0.1) is 24.0 Å². The van der Waals surface area contributed by atoms with E-state index in [0.717, 1.165) is 12.5 Å². The van der Waals surface area contributed by atoms with Crippen molar-refractivity contribution in [3.05, 3.63) is 0 Å². The summed E-state index contributed by atoms with van der Waals surface area (Å²) in [6.07, 6.45) is 0. The molecule has 0 saturated heterocycles. The molecule has 0 unspecified atom stereocenters. The molecule has 0 aromatic heterocycles. The van der Waals surface area contributed by atoms with E-state index >= 15 is 0 Å². The van der Waals surface area contributed by atoms with E-state index in [1.807, 2.05) is 13.8 Å². The van der Waals surface area contributed by atoms with Crippen LogP contribution in [0.15, 0.2) is 4.99 Å². The fourth-order valence-corrected chi connectivity index (χ4v) is 0.861. The van der Waals surface area contributed by atoms with Crippen molar-refractivity contribution < 1.29 is 9.47 Å². The molecule has 5 nitrogen and oxygen atoms in total. The average molecular weight is 345 g/mol. The monoisotopic (exact) mass is 345 g/mol.